The topological polar surface area (TPSA) is 78.6 Å². The molecule has 16 heavy (non-hydrogen) atoms. The quantitative estimate of drug-likeness (QED) is 0.563. The Morgan fingerprint density at radius 2 is 2.31 bits per heavy atom. The number of amidine groups is 1. The monoisotopic (exact) mass is 236 g/mol. The molecule has 1 aromatic heterocycles. The van der Waals surface area contributed by atoms with Crippen LogP contribution in [0.2, 0.25) is 0 Å². The molecule has 0 aliphatic carbocycles. The number of nitrogens with one attached hydrogen (secondary N) is 2. The zero-order chi connectivity index (χ0) is 11.5. The molecular formula is C10H9FN4S. The second-order valence-electron chi connectivity index (χ2n) is 3.06. The third-order valence-electron chi connectivity index (χ3n) is 1.92. The Hall–Kier alpha value is -1.82. The number of nitrogens with zero attached hydrogens (tertiary/aromatic N) is 1. The highest BCUT2D eigenvalue weighted by molar-refractivity contribution is 7.99. The van der Waals surface area contributed by atoms with Gasteiger partial charge in [0.05, 0.1) is 4.90 Å². The van der Waals surface area contributed by atoms with E-state index in [2.05, 4.69) is 9.97 Å². The zero-order valence-electron chi connectivity index (χ0n) is 8.20. The van der Waals surface area contributed by atoms with E-state index in [1.165, 1.54) is 17.8 Å². The van der Waals surface area contributed by atoms with Crippen molar-refractivity contribution in [2.24, 2.45) is 5.73 Å². The van der Waals surface area contributed by atoms with E-state index in [4.69, 9.17) is 11.1 Å². The molecule has 0 spiro atoms. The summed E-state index contributed by atoms with van der Waals surface area (Å²) in [7, 11) is 0. The van der Waals surface area contributed by atoms with Gasteiger partial charge in [0.15, 0.2) is 5.16 Å². The molecule has 1 aromatic carbocycles. The van der Waals surface area contributed by atoms with Crippen molar-refractivity contribution in [3.05, 3.63) is 42.0 Å². The summed E-state index contributed by atoms with van der Waals surface area (Å²) in [6, 6.07) is 4.43. The second kappa shape index (κ2) is 4.36. The van der Waals surface area contributed by atoms with Crippen molar-refractivity contribution in [2.75, 3.05) is 0 Å². The van der Waals surface area contributed by atoms with E-state index in [0.717, 1.165) is 0 Å². The minimum atomic E-state index is -0.408. The summed E-state index contributed by atoms with van der Waals surface area (Å²) in [5, 5.41) is 7.80. The molecule has 6 heteroatoms. The molecule has 0 atom stereocenters. The summed E-state index contributed by atoms with van der Waals surface area (Å²) in [5.41, 5.74) is 5.64. The first kappa shape index (κ1) is 10.7. The molecule has 0 bridgehead atoms. The Balaban J connectivity index is 2.26. The van der Waals surface area contributed by atoms with Gasteiger partial charge in [0.1, 0.15) is 11.7 Å². The summed E-state index contributed by atoms with van der Waals surface area (Å²) >= 11 is 1.19. The summed E-state index contributed by atoms with van der Waals surface area (Å²) in [6.07, 6.45) is 3.27. The van der Waals surface area contributed by atoms with Crippen LogP contribution in [0.3, 0.4) is 0 Å². The van der Waals surface area contributed by atoms with Gasteiger partial charge in [-0.1, -0.05) is 0 Å². The number of halogens is 1. The predicted molar refractivity (Wildman–Crippen MR) is 60.1 cm³/mol. The molecule has 1 heterocycles. The molecule has 82 valence electrons. The van der Waals surface area contributed by atoms with Gasteiger partial charge in [0, 0.05) is 18.0 Å². The van der Waals surface area contributed by atoms with Crippen molar-refractivity contribution in [3.8, 4) is 0 Å². The fourth-order valence-electron chi connectivity index (χ4n) is 1.16. The molecule has 0 saturated carbocycles. The Morgan fingerprint density at radius 3 is 2.88 bits per heavy atom. The number of benzene rings is 1. The third-order valence-corrected chi connectivity index (χ3v) is 2.89. The van der Waals surface area contributed by atoms with E-state index in [9.17, 15) is 4.39 Å². The standard InChI is InChI=1S/C10H9FN4S/c11-7-5-6(9(12)13)1-2-8(7)16-10-14-3-4-15-10/h1-5H,(H3,12,13)(H,14,15). The average Bonchev–Trinajstić information content (AvgIpc) is 2.73. The smallest absolute Gasteiger partial charge is 0.170 e. The van der Waals surface area contributed by atoms with Gasteiger partial charge in [-0.2, -0.15) is 0 Å². The van der Waals surface area contributed by atoms with Crippen molar-refractivity contribution in [2.45, 2.75) is 10.1 Å². The number of hydrogen-bond donors (Lipinski definition) is 3. The van der Waals surface area contributed by atoms with Crippen LogP contribution in [0.1, 0.15) is 5.56 Å². The van der Waals surface area contributed by atoms with Gasteiger partial charge in [-0.25, -0.2) is 9.37 Å². The van der Waals surface area contributed by atoms with Crippen LogP contribution in [-0.2, 0) is 0 Å². The minimum absolute atomic E-state index is 0.145. The lowest BCUT2D eigenvalue weighted by molar-refractivity contribution is 0.601. The van der Waals surface area contributed by atoms with Crippen LogP contribution in [0, 0.1) is 11.2 Å². The summed E-state index contributed by atoms with van der Waals surface area (Å²) in [5.74, 6) is -0.553. The third kappa shape index (κ3) is 2.22. The van der Waals surface area contributed by atoms with Crippen LogP contribution < -0.4 is 5.73 Å². The normalized spacial score (nSPS) is 10.3. The Bertz CT molecular complexity index is 510. The number of nitrogen functional groups attached to an aromatic ring is 1. The molecule has 0 fully saturated rings. The lowest BCUT2D eigenvalue weighted by Crippen LogP contribution is -2.11. The molecule has 0 saturated heterocycles. The highest BCUT2D eigenvalue weighted by Gasteiger charge is 2.07. The molecule has 0 unspecified atom stereocenters. The molecule has 2 aromatic rings. The van der Waals surface area contributed by atoms with Gasteiger partial charge in [-0.15, -0.1) is 0 Å². The first-order valence-corrected chi connectivity index (χ1v) is 5.29. The molecule has 0 amide bonds. The molecule has 4 N–H and O–H groups in total. The lowest BCUT2D eigenvalue weighted by atomic mass is 10.2. The van der Waals surface area contributed by atoms with Gasteiger partial charge < -0.3 is 10.7 Å². The highest BCUT2D eigenvalue weighted by atomic mass is 32.2. The molecule has 0 aliphatic rings. The van der Waals surface area contributed by atoms with Gasteiger partial charge in [0.2, 0.25) is 0 Å². The highest BCUT2D eigenvalue weighted by Crippen LogP contribution is 2.27. The number of aromatic nitrogens is 2. The molecule has 0 radical (unpaired) electrons. The number of aromatic amines is 1. The summed E-state index contributed by atoms with van der Waals surface area (Å²) in [4.78, 5) is 7.30. The maximum absolute atomic E-state index is 13.6. The fourth-order valence-corrected chi connectivity index (χ4v) is 1.90. The minimum Gasteiger partial charge on any atom is -0.384 e. The van der Waals surface area contributed by atoms with Crippen molar-refractivity contribution >= 4 is 17.6 Å². The molecule has 2 rings (SSSR count). The zero-order valence-corrected chi connectivity index (χ0v) is 9.01. The SMILES string of the molecule is N=C(N)c1ccc(Sc2ncc[nH]2)c(F)c1. The van der Waals surface area contributed by atoms with Crippen LogP contribution in [0.15, 0.2) is 40.6 Å². The summed E-state index contributed by atoms with van der Waals surface area (Å²) in [6.45, 7) is 0. The number of imidazole rings is 1. The van der Waals surface area contributed by atoms with Crippen molar-refractivity contribution < 1.29 is 4.39 Å². The van der Waals surface area contributed by atoms with Crippen molar-refractivity contribution in [1.82, 2.24) is 9.97 Å². The number of hydrogen-bond acceptors (Lipinski definition) is 3. The number of nitrogens with two attached hydrogens (primary N) is 1. The van der Waals surface area contributed by atoms with E-state index >= 15 is 0 Å². The van der Waals surface area contributed by atoms with Gasteiger partial charge in [-0.3, -0.25) is 5.41 Å². The van der Waals surface area contributed by atoms with Crippen LogP contribution in [0.5, 0.6) is 0 Å². The first-order valence-electron chi connectivity index (χ1n) is 4.48. The lowest BCUT2D eigenvalue weighted by Gasteiger charge is -2.03. The van der Waals surface area contributed by atoms with Gasteiger partial charge in [0.25, 0.3) is 0 Å². The second-order valence-corrected chi connectivity index (χ2v) is 4.09. The largest absolute Gasteiger partial charge is 0.384 e. The van der Waals surface area contributed by atoms with Crippen LogP contribution in [0.4, 0.5) is 4.39 Å². The fraction of sp³-hybridized carbons (Fsp3) is 0. The summed E-state index contributed by atoms with van der Waals surface area (Å²) < 4.78 is 13.6. The van der Waals surface area contributed by atoms with Crippen molar-refractivity contribution in [1.29, 1.82) is 5.41 Å². The maximum Gasteiger partial charge on any atom is 0.170 e. The van der Waals surface area contributed by atoms with Crippen LogP contribution in [0.25, 0.3) is 0 Å². The van der Waals surface area contributed by atoms with Crippen LogP contribution >= 0.6 is 11.8 Å². The van der Waals surface area contributed by atoms with Gasteiger partial charge >= 0.3 is 0 Å². The van der Waals surface area contributed by atoms with Crippen molar-refractivity contribution in [3.63, 3.8) is 0 Å². The van der Waals surface area contributed by atoms with Gasteiger partial charge in [-0.05, 0) is 30.0 Å². The Kier molecular flexibility index (Phi) is 2.91. The first-order chi connectivity index (χ1) is 7.66. The molecule has 0 aliphatic heterocycles. The van der Waals surface area contributed by atoms with E-state index in [-0.39, 0.29) is 5.84 Å². The Labute approximate surface area is 95.6 Å². The average molecular weight is 236 g/mol. The van der Waals surface area contributed by atoms with E-state index < -0.39 is 5.82 Å². The predicted octanol–water partition coefficient (Wildman–Crippen LogP) is 1.98. The van der Waals surface area contributed by atoms with E-state index in [0.29, 0.717) is 15.6 Å². The van der Waals surface area contributed by atoms with Crippen LogP contribution in [-0.4, -0.2) is 15.8 Å². The van der Waals surface area contributed by atoms with E-state index in [1.807, 2.05) is 0 Å². The van der Waals surface area contributed by atoms with E-state index in [1.54, 1.807) is 24.5 Å². The molecular weight excluding hydrogens is 227 g/mol. The Morgan fingerprint density at radius 1 is 1.50 bits per heavy atom. The number of H-pyrrole nitrogens is 1. The maximum atomic E-state index is 13.6. The molecule has 4 nitrogen and oxygen atoms in total. The number of rotatable bonds is 3.